The van der Waals surface area contributed by atoms with Crippen LogP contribution in [-0.4, -0.2) is 54.6 Å². The normalized spacial score (nSPS) is 12.4. The molecule has 21 heavy (non-hydrogen) atoms. The van der Waals surface area contributed by atoms with E-state index in [1.165, 1.54) is 0 Å². The molecule has 1 rings (SSSR count). The topological polar surface area (TPSA) is 67.6 Å². The Morgan fingerprint density at radius 2 is 2.00 bits per heavy atom. The zero-order chi connectivity index (χ0) is 15.8. The molecule has 0 radical (unpaired) electrons. The van der Waals surface area contributed by atoms with E-state index in [2.05, 4.69) is 15.9 Å². The molecular weight excluding hydrogens is 266 g/mol. The molecular formula is C16H23N3O2. The van der Waals surface area contributed by atoms with Crippen LogP contribution in [0.25, 0.3) is 0 Å². The molecule has 0 aliphatic rings. The fourth-order valence-electron chi connectivity index (χ4n) is 2.05. The van der Waals surface area contributed by atoms with Crippen LogP contribution < -0.4 is 0 Å². The third-order valence-corrected chi connectivity index (χ3v) is 3.35. The number of hydrogen-bond donors (Lipinski definition) is 1. The predicted octanol–water partition coefficient (Wildman–Crippen LogP) is 1.64. The standard InChI is InChI=1S/C16H23N3O2/c1-13(16(20)21)11-19(9-8-18(2)3)12-15-7-5-4-6-14(15)10-17/h4-7,13H,8-9,11-12H2,1-3H3,(H,20,21). The fourth-order valence-corrected chi connectivity index (χ4v) is 2.05. The maximum absolute atomic E-state index is 11.1. The summed E-state index contributed by atoms with van der Waals surface area (Å²) in [5, 5.41) is 18.2. The minimum atomic E-state index is -0.793. The van der Waals surface area contributed by atoms with E-state index in [9.17, 15) is 4.79 Å². The summed E-state index contributed by atoms with van der Waals surface area (Å²) in [6.45, 7) is 4.39. The molecule has 0 aromatic heterocycles. The molecule has 0 aliphatic heterocycles. The SMILES string of the molecule is CC(CN(CCN(C)C)Cc1ccccc1C#N)C(=O)O. The Labute approximate surface area is 126 Å². The van der Waals surface area contributed by atoms with E-state index in [1.807, 2.05) is 32.3 Å². The van der Waals surface area contributed by atoms with Gasteiger partial charge in [0.15, 0.2) is 0 Å². The summed E-state index contributed by atoms with van der Waals surface area (Å²) in [4.78, 5) is 15.2. The zero-order valence-corrected chi connectivity index (χ0v) is 12.9. The second-order valence-corrected chi connectivity index (χ2v) is 5.55. The highest BCUT2D eigenvalue weighted by Gasteiger charge is 2.17. The molecule has 1 aromatic rings. The molecule has 1 unspecified atom stereocenters. The van der Waals surface area contributed by atoms with Crippen LogP contribution in [0, 0.1) is 17.2 Å². The average Bonchev–Trinajstić information content (AvgIpc) is 2.45. The van der Waals surface area contributed by atoms with Gasteiger partial charge in [0.25, 0.3) is 0 Å². The summed E-state index contributed by atoms with van der Waals surface area (Å²) < 4.78 is 0. The maximum atomic E-state index is 11.1. The molecule has 0 amide bonds. The minimum Gasteiger partial charge on any atom is -0.481 e. The van der Waals surface area contributed by atoms with Crippen LogP contribution in [0.4, 0.5) is 0 Å². The molecule has 0 fully saturated rings. The molecule has 114 valence electrons. The molecule has 0 aliphatic carbocycles. The van der Waals surface area contributed by atoms with E-state index < -0.39 is 11.9 Å². The molecule has 1 atom stereocenters. The number of aliphatic carboxylic acids is 1. The Bertz CT molecular complexity index is 508. The summed E-state index contributed by atoms with van der Waals surface area (Å²) >= 11 is 0. The molecule has 0 saturated carbocycles. The Kier molecular flexibility index (Phi) is 6.86. The van der Waals surface area contributed by atoms with Gasteiger partial charge in [0.1, 0.15) is 0 Å². The summed E-state index contributed by atoms with van der Waals surface area (Å²) in [7, 11) is 3.98. The number of benzene rings is 1. The van der Waals surface area contributed by atoms with Gasteiger partial charge in [0, 0.05) is 26.2 Å². The van der Waals surface area contributed by atoms with Crippen molar-refractivity contribution < 1.29 is 9.90 Å². The van der Waals surface area contributed by atoms with Gasteiger partial charge in [-0.25, -0.2) is 0 Å². The predicted molar refractivity (Wildman–Crippen MR) is 81.8 cm³/mol. The lowest BCUT2D eigenvalue weighted by Crippen LogP contribution is -2.36. The summed E-state index contributed by atoms with van der Waals surface area (Å²) in [5.74, 6) is -1.22. The van der Waals surface area contributed by atoms with Crippen LogP contribution in [0.1, 0.15) is 18.1 Å². The molecule has 5 nitrogen and oxygen atoms in total. The Morgan fingerprint density at radius 3 is 2.57 bits per heavy atom. The number of nitriles is 1. The third-order valence-electron chi connectivity index (χ3n) is 3.35. The quantitative estimate of drug-likeness (QED) is 0.788. The number of carboxylic acids is 1. The first kappa shape index (κ1) is 17.2. The zero-order valence-electron chi connectivity index (χ0n) is 12.9. The van der Waals surface area contributed by atoms with Gasteiger partial charge < -0.3 is 10.0 Å². The van der Waals surface area contributed by atoms with Crippen LogP contribution in [0.15, 0.2) is 24.3 Å². The van der Waals surface area contributed by atoms with Crippen LogP contribution in [0.5, 0.6) is 0 Å². The number of nitrogens with zero attached hydrogens (tertiary/aromatic N) is 3. The lowest BCUT2D eigenvalue weighted by atomic mass is 10.1. The van der Waals surface area contributed by atoms with Crippen LogP contribution in [0.3, 0.4) is 0 Å². The van der Waals surface area contributed by atoms with E-state index in [4.69, 9.17) is 10.4 Å². The van der Waals surface area contributed by atoms with E-state index >= 15 is 0 Å². The first-order chi connectivity index (χ1) is 9.93. The fraction of sp³-hybridized carbons (Fsp3) is 0.500. The van der Waals surface area contributed by atoms with Crippen molar-refractivity contribution in [3.05, 3.63) is 35.4 Å². The molecule has 0 saturated heterocycles. The smallest absolute Gasteiger partial charge is 0.307 e. The van der Waals surface area contributed by atoms with Crippen molar-refractivity contribution in [1.29, 1.82) is 5.26 Å². The Balaban J connectivity index is 2.80. The van der Waals surface area contributed by atoms with Crippen LogP contribution >= 0.6 is 0 Å². The highest BCUT2D eigenvalue weighted by atomic mass is 16.4. The number of carbonyl (C=O) groups is 1. The van der Waals surface area contributed by atoms with Crippen LogP contribution in [0.2, 0.25) is 0 Å². The average molecular weight is 289 g/mol. The van der Waals surface area contributed by atoms with E-state index in [0.717, 1.165) is 18.7 Å². The molecule has 5 heteroatoms. The van der Waals surface area contributed by atoms with Crippen molar-refractivity contribution in [1.82, 2.24) is 9.80 Å². The van der Waals surface area contributed by atoms with Gasteiger partial charge in [0.2, 0.25) is 0 Å². The van der Waals surface area contributed by atoms with Gasteiger partial charge in [-0.15, -0.1) is 0 Å². The van der Waals surface area contributed by atoms with Crippen LogP contribution in [-0.2, 0) is 11.3 Å². The van der Waals surface area contributed by atoms with Crippen molar-refractivity contribution >= 4 is 5.97 Å². The lowest BCUT2D eigenvalue weighted by molar-refractivity contribution is -0.141. The van der Waals surface area contributed by atoms with Crippen molar-refractivity contribution in [2.24, 2.45) is 5.92 Å². The van der Waals surface area contributed by atoms with E-state index in [1.54, 1.807) is 13.0 Å². The van der Waals surface area contributed by atoms with Gasteiger partial charge in [-0.3, -0.25) is 9.69 Å². The monoisotopic (exact) mass is 289 g/mol. The maximum Gasteiger partial charge on any atom is 0.307 e. The van der Waals surface area contributed by atoms with Gasteiger partial charge >= 0.3 is 5.97 Å². The Hall–Kier alpha value is -1.90. The number of rotatable bonds is 8. The third kappa shape index (κ3) is 5.94. The first-order valence-electron chi connectivity index (χ1n) is 7.02. The summed E-state index contributed by atoms with van der Waals surface area (Å²) in [5.41, 5.74) is 1.59. The number of carboxylic acid groups (broad SMARTS) is 1. The highest BCUT2D eigenvalue weighted by Crippen LogP contribution is 2.12. The number of hydrogen-bond acceptors (Lipinski definition) is 4. The van der Waals surface area contributed by atoms with Crippen molar-refractivity contribution in [2.75, 3.05) is 33.7 Å². The second-order valence-electron chi connectivity index (χ2n) is 5.55. The highest BCUT2D eigenvalue weighted by molar-refractivity contribution is 5.69. The summed E-state index contributed by atoms with van der Waals surface area (Å²) in [6.07, 6.45) is 0. The first-order valence-corrected chi connectivity index (χ1v) is 7.02. The molecule has 1 N–H and O–H groups in total. The molecule has 0 spiro atoms. The van der Waals surface area contributed by atoms with Crippen molar-refractivity contribution in [2.45, 2.75) is 13.5 Å². The second kappa shape index (κ2) is 8.40. The molecule has 1 aromatic carbocycles. The van der Waals surface area contributed by atoms with Crippen molar-refractivity contribution in [3.63, 3.8) is 0 Å². The van der Waals surface area contributed by atoms with Gasteiger partial charge in [-0.05, 0) is 25.7 Å². The van der Waals surface area contributed by atoms with E-state index in [-0.39, 0.29) is 0 Å². The van der Waals surface area contributed by atoms with Gasteiger partial charge in [-0.1, -0.05) is 25.1 Å². The molecule has 0 bridgehead atoms. The van der Waals surface area contributed by atoms with Gasteiger partial charge in [-0.2, -0.15) is 5.26 Å². The lowest BCUT2D eigenvalue weighted by Gasteiger charge is -2.26. The summed E-state index contributed by atoms with van der Waals surface area (Å²) in [6, 6.07) is 9.65. The number of likely N-dealkylation sites (N-methyl/N-ethyl adjacent to an activating group) is 1. The largest absolute Gasteiger partial charge is 0.481 e. The molecule has 0 heterocycles. The minimum absolute atomic E-state index is 0.429. The van der Waals surface area contributed by atoms with E-state index in [0.29, 0.717) is 18.7 Å². The Morgan fingerprint density at radius 1 is 1.33 bits per heavy atom. The van der Waals surface area contributed by atoms with Crippen molar-refractivity contribution in [3.8, 4) is 6.07 Å². The van der Waals surface area contributed by atoms with Gasteiger partial charge in [0.05, 0.1) is 17.6 Å².